The number of hydrogen-bond donors (Lipinski definition) is 2. The zero-order valence-electron chi connectivity index (χ0n) is 11.1. The van der Waals surface area contributed by atoms with E-state index in [2.05, 4.69) is 4.72 Å². The molecule has 3 N–H and O–H groups in total. The summed E-state index contributed by atoms with van der Waals surface area (Å²) in [6.07, 6.45) is 0. The van der Waals surface area contributed by atoms with Crippen LogP contribution in [0, 0.1) is 17.0 Å². The minimum absolute atomic E-state index is 0.0704. The molecule has 0 bridgehead atoms. The Morgan fingerprint density at radius 3 is 2.32 bits per heavy atom. The molecule has 0 radical (unpaired) electrons. The lowest BCUT2D eigenvalue weighted by atomic mass is 9.98. The minimum atomic E-state index is -4.10. The van der Waals surface area contributed by atoms with Gasteiger partial charge in [0.25, 0.3) is 0 Å². The first-order chi connectivity index (χ1) is 8.57. The Labute approximate surface area is 112 Å². The van der Waals surface area contributed by atoms with Crippen LogP contribution in [0.4, 0.5) is 8.78 Å². The first-order valence-corrected chi connectivity index (χ1v) is 7.23. The molecule has 1 aromatic carbocycles. The molecule has 108 valence electrons. The molecule has 0 aliphatic heterocycles. The van der Waals surface area contributed by atoms with Gasteiger partial charge in [-0.2, -0.15) is 0 Å². The van der Waals surface area contributed by atoms with E-state index in [9.17, 15) is 17.2 Å². The molecule has 19 heavy (non-hydrogen) atoms. The Kier molecular flexibility index (Phi) is 4.65. The Morgan fingerprint density at radius 2 is 1.84 bits per heavy atom. The normalized spacial score (nSPS) is 12.7. The zero-order valence-corrected chi connectivity index (χ0v) is 11.9. The Morgan fingerprint density at radius 1 is 1.26 bits per heavy atom. The van der Waals surface area contributed by atoms with Crippen molar-refractivity contribution >= 4 is 10.0 Å². The lowest BCUT2D eigenvalue weighted by Crippen LogP contribution is -2.33. The molecule has 0 unspecified atom stereocenters. The maximum atomic E-state index is 13.6. The van der Waals surface area contributed by atoms with E-state index in [1.165, 1.54) is 0 Å². The van der Waals surface area contributed by atoms with Gasteiger partial charge in [-0.3, -0.25) is 0 Å². The van der Waals surface area contributed by atoms with E-state index in [0.717, 1.165) is 12.1 Å². The number of benzene rings is 1. The first-order valence-electron chi connectivity index (χ1n) is 5.74. The van der Waals surface area contributed by atoms with E-state index in [0.29, 0.717) is 0 Å². The molecule has 0 aliphatic rings. The average molecular weight is 292 g/mol. The van der Waals surface area contributed by atoms with Crippen molar-refractivity contribution in [2.24, 2.45) is 11.1 Å². The van der Waals surface area contributed by atoms with Crippen LogP contribution in [0.2, 0.25) is 0 Å². The fraction of sp³-hybridized carbons (Fsp3) is 0.500. The van der Waals surface area contributed by atoms with Crippen LogP contribution >= 0.6 is 0 Å². The second-order valence-electron chi connectivity index (χ2n) is 5.48. The standard InChI is InChI=1S/C12H18F2N2O2S/c1-12(2,3)7-16-19(17,18)10-5-8(6-15)4-9(13)11(10)14/h4-5,16H,6-7,15H2,1-3H3. The third kappa shape index (κ3) is 4.22. The molecule has 0 amide bonds. The summed E-state index contributed by atoms with van der Waals surface area (Å²) >= 11 is 0. The van der Waals surface area contributed by atoms with Crippen LogP contribution in [0.25, 0.3) is 0 Å². The van der Waals surface area contributed by atoms with Crippen LogP contribution in [0.1, 0.15) is 26.3 Å². The average Bonchev–Trinajstić information content (AvgIpc) is 2.29. The highest BCUT2D eigenvalue weighted by atomic mass is 32.2. The summed E-state index contributed by atoms with van der Waals surface area (Å²) in [6, 6.07) is 1.93. The van der Waals surface area contributed by atoms with Crippen LogP contribution in [0.3, 0.4) is 0 Å². The van der Waals surface area contributed by atoms with E-state index >= 15 is 0 Å². The Balaban J connectivity index is 3.17. The minimum Gasteiger partial charge on any atom is -0.326 e. The van der Waals surface area contributed by atoms with Gasteiger partial charge in [0.15, 0.2) is 11.6 Å². The van der Waals surface area contributed by atoms with Crippen molar-refractivity contribution in [1.29, 1.82) is 0 Å². The number of sulfonamides is 1. The molecule has 0 saturated carbocycles. The van der Waals surface area contributed by atoms with Crippen molar-refractivity contribution in [3.8, 4) is 0 Å². The van der Waals surface area contributed by atoms with Gasteiger partial charge in [-0.25, -0.2) is 21.9 Å². The van der Waals surface area contributed by atoms with Gasteiger partial charge in [-0.05, 0) is 23.1 Å². The van der Waals surface area contributed by atoms with Crippen molar-refractivity contribution < 1.29 is 17.2 Å². The van der Waals surface area contributed by atoms with Crippen LogP contribution in [0.5, 0.6) is 0 Å². The monoisotopic (exact) mass is 292 g/mol. The van der Waals surface area contributed by atoms with Gasteiger partial charge in [0.1, 0.15) is 4.90 Å². The molecule has 7 heteroatoms. The number of nitrogens with one attached hydrogen (secondary N) is 1. The quantitative estimate of drug-likeness (QED) is 0.888. The summed E-state index contributed by atoms with van der Waals surface area (Å²) in [5, 5.41) is 0. The Bertz CT molecular complexity index is 566. The summed E-state index contributed by atoms with van der Waals surface area (Å²) in [5.41, 5.74) is 5.23. The summed E-state index contributed by atoms with van der Waals surface area (Å²) < 4.78 is 53.1. The van der Waals surface area contributed by atoms with Gasteiger partial charge >= 0.3 is 0 Å². The third-order valence-electron chi connectivity index (χ3n) is 2.37. The van der Waals surface area contributed by atoms with Crippen LogP contribution < -0.4 is 10.5 Å². The predicted molar refractivity (Wildman–Crippen MR) is 68.9 cm³/mol. The molecule has 0 saturated heterocycles. The second kappa shape index (κ2) is 5.52. The van der Waals surface area contributed by atoms with Gasteiger partial charge in [-0.15, -0.1) is 0 Å². The maximum Gasteiger partial charge on any atom is 0.243 e. The fourth-order valence-corrected chi connectivity index (χ4v) is 2.74. The highest BCUT2D eigenvalue weighted by Gasteiger charge is 2.24. The van der Waals surface area contributed by atoms with Crippen LogP contribution in [-0.4, -0.2) is 15.0 Å². The number of rotatable bonds is 4. The van der Waals surface area contributed by atoms with Gasteiger partial charge in [0.2, 0.25) is 10.0 Å². The van der Waals surface area contributed by atoms with E-state index in [1.807, 2.05) is 20.8 Å². The molecule has 0 fully saturated rings. The molecular weight excluding hydrogens is 274 g/mol. The van der Waals surface area contributed by atoms with Crippen molar-refractivity contribution in [2.45, 2.75) is 32.2 Å². The summed E-state index contributed by atoms with van der Waals surface area (Å²) in [7, 11) is -4.10. The molecule has 1 rings (SSSR count). The number of hydrogen-bond acceptors (Lipinski definition) is 3. The van der Waals surface area contributed by atoms with Gasteiger partial charge in [0, 0.05) is 13.1 Å². The van der Waals surface area contributed by atoms with Crippen molar-refractivity contribution in [1.82, 2.24) is 4.72 Å². The summed E-state index contributed by atoms with van der Waals surface area (Å²) in [4.78, 5) is -0.711. The van der Waals surface area contributed by atoms with E-state index in [4.69, 9.17) is 5.73 Å². The molecule has 0 heterocycles. The van der Waals surface area contributed by atoms with Crippen LogP contribution in [0.15, 0.2) is 17.0 Å². The van der Waals surface area contributed by atoms with Crippen molar-refractivity contribution in [3.63, 3.8) is 0 Å². The van der Waals surface area contributed by atoms with Gasteiger partial charge in [0.05, 0.1) is 0 Å². The highest BCUT2D eigenvalue weighted by molar-refractivity contribution is 7.89. The molecular formula is C12H18F2N2O2S. The second-order valence-corrected chi connectivity index (χ2v) is 7.21. The lowest BCUT2D eigenvalue weighted by molar-refractivity contribution is 0.406. The molecule has 0 atom stereocenters. The third-order valence-corrected chi connectivity index (χ3v) is 3.77. The number of nitrogens with two attached hydrogens (primary N) is 1. The van der Waals surface area contributed by atoms with Crippen molar-refractivity contribution in [3.05, 3.63) is 29.3 Å². The molecule has 0 aliphatic carbocycles. The topological polar surface area (TPSA) is 72.2 Å². The summed E-state index contributed by atoms with van der Waals surface area (Å²) in [5.74, 6) is -2.61. The number of halogens is 2. The summed E-state index contributed by atoms with van der Waals surface area (Å²) in [6.45, 7) is 5.51. The highest BCUT2D eigenvalue weighted by Crippen LogP contribution is 2.21. The molecule has 1 aromatic rings. The Hall–Kier alpha value is -1.05. The van der Waals surface area contributed by atoms with E-state index in [-0.39, 0.29) is 24.1 Å². The molecule has 4 nitrogen and oxygen atoms in total. The SMILES string of the molecule is CC(C)(C)CNS(=O)(=O)c1cc(CN)cc(F)c1F. The molecule has 0 aromatic heterocycles. The predicted octanol–water partition coefficient (Wildman–Crippen LogP) is 1.75. The lowest BCUT2D eigenvalue weighted by Gasteiger charge is -2.19. The molecule has 0 spiro atoms. The zero-order chi connectivity index (χ0) is 14.8. The maximum absolute atomic E-state index is 13.6. The van der Waals surface area contributed by atoms with E-state index in [1.54, 1.807) is 0 Å². The smallest absolute Gasteiger partial charge is 0.243 e. The van der Waals surface area contributed by atoms with Crippen LogP contribution in [-0.2, 0) is 16.6 Å². The fourth-order valence-electron chi connectivity index (χ4n) is 1.32. The van der Waals surface area contributed by atoms with Crippen molar-refractivity contribution in [2.75, 3.05) is 6.54 Å². The van der Waals surface area contributed by atoms with E-state index < -0.39 is 26.6 Å². The first kappa shape index (κ1) is 16.0. The largest absolute Gasteiger partial charge is 0.326 e. The van der Waals surface area contributed by atoms with Gasteiger partial charge in [-0.1, -0.05) is 20.8 Å². The van der Waals surface area contributed by atoms with Gasteiger partial charge < -0.3 is 5.73 Å².